The smallest absolute Gasteiger partial charge is 0.245 e. The summed E-state index contributed by atoms with van der Waals surface area (Å²) >= 11 is 9.28. The molecule has 92 valence electrons. The van der Waals surface area contributed by atoms with Crippen LogP contribution < -0.4 is 11.1 Å². The Balaban J connectivity index is 2.14. The standard InChI is InChI=1S/C11H8BrClN4O/c12-7-1-6-8(16-11(18)10(6)14)2-9(7)17-4-5(13)3-15-17/h1-4,10H,14H2,(H,16,18). The van der Waals surface area contributed by atoms with Crippen LogP contribution in [0.3, 0.4) is 0 Å². The Morgan fingerprint density at radius 1 is 1.50 bits per heavy atom. The quantitative estimate of drug-likeness (QED) is 0.843. The molecule has 1 aromatic heterocycles. The van der Waals surface area contributed by atoms with Gasteiger partial charge in [-0.2, -0.15) is 5.10 Å². The summed E-state index contributed by atoms with van der Waals surface area (Å²) in [7, 11) is 0. The Labute approximate surface area is 116 Å². The van der Waals surface area contributed by atoms with Crippen molar-refractivity contribution in [2.45, 2.75) is 6.04 Å². The molecule has 5 nitrogen and oxygen atoms in total. The number of carbonyl (C=O) groups excluding carboxylic acids is 1. The van der Waals surface area contributed by atoms with Crippen molar-refractivity contribution in [3.63, 3.8) is 0 Å². The second-order valence-corrected chi connectivity index (χ2v) is 5.25. The Morgan fingerprint density at radius 2 is 2.28 bits per heavy atom. The van der Waals surface area contributed by atoms with Crippen LogP contribution in [-0.2, 0) is 4.79 Å². The maximum absolute atomic E-state index is 11.5. The Morgan fingerprint density at radius 3 is 2.94 bits per heavy atom. The minimum atomic E-state index is -0.619. The number of nitrogens with one attached hydrogen (secondary N) is 1. The fraction of sp³-hybridized carbons (Fsp3) is 0.0909. The molecule has 1 aromatic carbocycles. The first-order chi connectivity index (χ1) is 8.56. The Hall–Kier alpha value is -1.37. The Kier molecular flexibility index (Phi) is 2.65. The summed E-state index contributed by atoms with van der Waals surface area (Å²) in [6.07, 6.45) is 3.23. The molecule has 0 radical (unpaired) electrons. The predicted molar refractivity (Wildman–Crippen MR) is 71.8 cm³/mol. The van der Waals surface area contributed by atoms with Crippen molar-refractivity contribution in [3.8, 4) is 5.69 Å². The number of hydrogen-bond acceptors (Lipinski definition) is 3. The zero-order valence-corrected chi connectivity index (χ0v) is 11.4. The number of halogens is 2. The molecule has 1 aliphatic rings. The number of benzene rings is 1. The number of carbonyl (C=O) groups is 1. The fourth-order valence-corrected chi connectivity index (χ4v) is 2.58. The van der Waals surface area contributed by atoms with E-state index >= 15 is 0 Å². The van der Waals surface area contributed by atoms with E-state index in [-0.39, 0.29) is 5.91 Å². The fourth-order valence-electron chi connectivity index (χ4n) is 1.90. The number of rotatable bonds is 1. The highest BCUT2D eigenvalue weighted by Gasteiger charge is 2.28. The first-order valence-electron chi connectivity index (χ1n) is 5.16. The van der Waals surface area contributed by atoms with E-state index in [0.29, 0.717) is 10.7 Å². The van der Waals surface area contributed by atoms with Gasteiger partial charge < -0.3 is 11.1 Å². The van der Waals surface area contributed by atoms with E-state index in [9.17, 15) is 4.79 Å². The van der Waals surface area contributed by atoms with Crippen molar-refractivity contribution in [3.05, 3.63) is 39.6 Å². The van der Waals surface area contributed by atoms with Gasteiger partial charge in [-0.15, -0.1) is 0 Å². The van der Waals surface area contributed by atoms with Crippen LogP contribution in [0.5, 0.6) is 0 Å². The van der Waals surface area contributed by atoms with Crippen LogP contribution >= 0.6 is 27.5 Å². The summed E-state index contributed by atoms with van der Waals surface area (Å²) < 4.78 is 2.43. The molecule has 3 N–H and O–H groups in total. The van der Waals surface area contributed by atoms with Crippen LogP contribution in [0.15, 0.2) is 29.0 Å². The van der Waals surface area contributed by atoms with E-state index in [1.165, 1.54) is 0 Å². The average molecular weight is 328 g/mol. The van der Waals surface area contributed by atoms with Crippen molar-refractivity contribution in [1.29, 1.82) is 0 Å². The normalized spacial score (nSPS) is 17.7. The van der Waals surface area contributed by atoms with Gasteiger partial charge in [0, 0.05) is 21.9 Å². The minimum Gasteiger partial charge on any atom is -0.324 e. The largest absolute Gasteiger partial charge is 0.324 e. The third kappa shape index (κ3) is 1.73. The number of anilines is 1. The second kappa shape index (κ2) is 4.08. The number of amides is 1. The maximum atomic E-state index is 11.5. The van der Waals surface area contributed by atoms with Crippen molar-refractivity contribution in [2.75, 3.05) is 5.32 Å². The highest BCUT2D eigenvalue weighted by atomic mass is 79.9. The molecule has 7 heteroatoms. The summed E-state index contributed by atoms with van der Waals surface area (Å²) in [4.78, 5) is 11.5. The Bertz CT molecular complexity index is 654. The van der Waals surface area contributed by atoms with Crippen LogP contribution in [-0.4, -0.2) is 15.7 Å². The third-order valence-corrected chi connectivity index (χ3v) is 3.62. The lowest BCUT2D eigenvalue weighted by Crippen LogP contribution is -2.19. The van der Waals surface area contributed by atoms with E-state index in [2.05, 4.69) is 26.3 Å². The predicted octanol–water partition coefficient (Wildman–Crippen LogP) is 2.24. The number of aromatic nitrogens is 2. The summed E-state index contributed by atoms with van der Waals surface area (Å²) in [5, 5.41) is 7.40. The van der Waals surface area contributed by atoms with Gasteiger partial charge in [-0.1, -0.05) is 11.6 Å². The summed E-state index contributed by atoms with van der Waals surface area (Å²) in [5.74, 6) is -0.201. The molecular formula is C11H8BrClN4O. The van der Waals surface area contributed by atoms with Crippen molar-refractivity contribution in [1.82, 2.24) is 9.78 Å². The van der Waals surface area contributed by atoms with Crippen LogP contribution in [0.25, 0.3) is 5.69 Å². The summed E-state index contributed by atoms with van der Waals surface area (Å²) in [6.45, 7) is 0. The van der Waals surface area contributed by atoms with Crippen LogP contribution in [0.1, 0.15) is 11.6 Å². The molecule has 1 atom stereocenters. The molecule has 0 aliphatic carbocycles. The van der Waals surface area contributed by atoms with Crippen molar-refractivity contribution < 1.29 is 4.79 Å². The molecule has 2 heterocycles. The first-order valence-corrected chi connectivity index (χ1v) is 6.34. The van der Waals surface area contributed by atoms with Gasteiger partial charge in [0.25, 0.3) is 0 Å². The summed E-state index contributed by atoms with van der Waals surface area (Å²) in [5.41, 5.74) is 8.04. The van der Waals surface area contributed by atoms with Gasteiger partial charge in [0.15, 0.2) is 0 Å². The zero-order chi connectivity index (χ0) is 12.9. The molecule has 0 saturated heterocycles. The van der Waals surface area contributed by atoms with E-state index in [1.54, 1.807) is 17.1 Å². The minimum absolute atomic E-state index is 0.201. The van der Waals surface area contributed by atoms with Gasteiger partial charge in [-0.05, 0) is 28.1 Å². The van der Waals surface area contributed by atoms with Crippen LogP contribution in [0.2, 0.25) is 5.02 Å². The molecule has 2 aromatic rings. The van der Waals surface area contributed by atoms with E-state index in [0.717, 1.165) is 15.7 Å². The molecule has 0 fully saturated rings. The third-order valence-electron chi connectivity index (χ3n) is 2.79. The van der Waals surface area contributed by atoms with Crippen LogP contribution in [0.4, 0.5) is 5.69 Å². The lowest BCUT2D eigenvalue weighted by molar-refractivity contribution is -0.116. The van der Waals surface area contributed by atoms with E-state index in [1.807, 2.05) is 12.1 Å². The van der Waals surface area contributed by atoms with Gasteiger partial charge in [0.05, 0.1) is 16.9 Å². The molecule has 1 aliphatic heterocycles. The molecule has 1 amide bonds. The maximum Gasteiger partial charge on any atom is 0.245 e. The zero-order valence-electron chi connectivity index (χ0n) is 9.02. The van der Waals surface area contributed by atoms with Gasteiger partial charge in [-0.3, -0.25) is 4.79 Å². The van der Waals surface area contributed by atoms with E-state index in [4.69, 9.17) is 17.3 Å². The highest BCUT2D eigenvalue weighted by Crippen LogP contribution is 2.35. The lowest BCUT2D eigenvalue weighted by atomic mass is 10.1. The van der Waals surface area contributed by atoms with Gasteiger partial charge in [0.2, 0.25) is 5.91 Å². The van der Waals surface area contributed by atoms with E-state index < -0.39 is 6.04 Å². The SMILES string of the molecule is NC1C(=O)Nc2cc(-n3cc(Cl)cn3)c(Br)cc21. The molecule has 1 unspecified atom stereocenters. The van der Waals surface area contributed by atoms with Gasteiger partial charge in [0.1, 0.15) is 6.04 Å². The summed E-state index contributed by atoms with van der Waals surface area (Å²) in [6, 6.07) is 3.02. The lowest BCUT2D eigenvalue weighted by Gasteiger charge is -2.08. The molecular weight excluding hydrogens is 320 g/mol. The average Bonchev–Trinajstić information content (AvgIpc) is 2.86. The molecule has 0 spiro atoms. The van der Waals surface area contributed by atoms with Crippen LogP contribution in [0, 0.1) is 0 Å². The number of hydrogen-bond donors (Lipinski definition) is 2. The van der Waals surface area contributed by atoms with Gasteiger partial charge >= 0.3 is 0 Å². The number of nitrogens with zero attached hydrogens (tertiary/aromatic N) is 2. The first kappa shape index (κ1) is 11.7. The second-order valence-electron chi connectivity index (χ2n) is 3.96. The molecule has 0 saturated carbocycles. The molecule has 18 heavy (non-hydrogen) atoms. The van der Waals surface area contributed by atoms with Crippen molar-refractivity contribution in [2.24, 2.45) is 5.73 Å². The topological polar surface area (TPSA) is 72.9 Å². The van der Waals surface area contributed by atoms with Crippen molar-refractivity contribution >= 4 is 39.1 Å². The number of fused-ring (bicyclic) bond motifs is 1. The molecule has 0 bridgehead atoms. The van der Waals surface area contributed by atoms with Gasteiger partial charge in [-0.25, -0.2) is 4.68 Å². The molecule has 3 rings (SSSR count). The number of nitrogens with two attached hydrogens (primary N) is 1. The monoisotopic (exact) mass is 326 g/mol. The highest BCUT2D eigenvalue weighted by molar-refractivity contribution is 9.10.